The zero-order chi connectivity index (χ0) is 15.9. The Hall–Kier alpha value is -1.14. The first kappa shape index (κ1) is 17.2. The van der Waals surface area contributed by atoms with E-state index in [0.29, 0.717) is 13.1 Å². The number of aryl methyl sites for hydroxylation is 1. The molecule has 1 aromatic carbocycles. The second kappa shape index (κ2) is 8.48. The van der Waals surface area contributed by atoms with Crippen molar-refractivity contribution in [1.29, 1.82) is 0 Å². The van der Waals surface area contributed by atoms with Gasteiger partial charge in [-0.15, -0.1) is 0 Å². The van der Waals surface area contributed by atoms with E-state index in [1.165, 1.54) is 5.56 Å². The van der Waals surface area contributed by atoms with E-state index in [1.54, 1.807) is 6.92 Å². The van der Waals surface area contributed by atoms with E-state index < -0.39 is 0 Å². The first-order chi connectivity index (χ1) is 10.6. The Morgan fingerprint density at radius 2 is 1.95 bits per heavy atom. The van der Waals surface area contributed by atoms with Gasteiger partial charge in [0.1, 0.15) is 11.5 Å². The zero-order valence-electron chi connectivity index (χ0n) is 13.0. The third kappa shape index (κ3) is 5.25. The molecule has 120 valence electrons. The molecule has 22 heavy (non-hydrogen) atoms. The van der Waals surface area contributed by atoms with E-state index in [-0.39, 0.29) is 6.10 Å². The minimum Gasteiger partial charge on any atom is -0.460 e. The van der Waals surface area contributed by atoms with E-state index in [0.717, 1.165) is 34.6 Å². The summed E-state index contributed by atoms with van der Waals surface area (Å²) in [6.07, 6.45) is -0.304. The SMILES string of the molecule is Cc1cc(Br)ccc1-c1ccc(CNCCNCC(C)O)o1. The van der Waals surface area contributed by atoms with Crippen LogP contribution in [0, 0.1) is 6.92 Å². The van der Waals surface area contributed by atoms with Crippen molar-refractivity contribution in [3.63, 3.8) is 0 Å². The number of benzene rings is 1. The predicted molar refractivity (Wildman–Crippen MR) is 92.8 cm³/mol. The lowest BCUT2D eigenvalue weighted by atomic mass is 10.1. The molecule has 0 aliphatic rings. The molecule has 0 aliphatic heterocycles. The number of hydrogen-bond acceptors (Lipinski definition) is 4. The fourth-order valence-electron chi connectivity index (χ4n) is 2.22. The van der Waals surface area contributed by atoms with Crippen LogP contribution in [0.1, 0.15) is 18.2 Å². The van der Waals surface area contributed by atoms with Crippen molar-refractivity contribution < 1.29 is 9.52 Å². The molecule has 3 N–H and O–H groups in total. The number of furan rings is 1. The van der Waals surface area contributed by atoms with Gasteiger partial charge in [0.25, 0.3) is 0 Å². The molecular weight excluding hydrogens is 344 g/mol. The molecule has 1 heterocycles. The summed E-state index contributed by atoms with van der Waals surface area (Å²) < 4.78 is 6.97. The molecule has 0 aliphatic carbocycles. The fourth-order valence-corrected chi connectivity index (χ4v) is 2.70. The van der Waals surface area contributed by atoms with Gasteiger partial charge in [0, 0.05) is 29.7 Å². The average Bonchev–Trinajstić information content (AvgIpc) is 2.91. The van der Waals surface area contributed by atoms with Gasteiger partial charge in [0.15, 0.2) is 0 Å². The number of halogens is 1. The Morgan fingerprint density at radius 1 is 1.18 bits per heavy atom. The highest BCUT2D eigenvalue weighted by molar-refractivity contribution is 9.10. The van der Waals surface area contributed by atoms with Crippen molar-refractivity contribution in [3.8, 4) is 11.3 Å². The molecule has 0 amide bonds. The van der Waals surface area contributed by atoms with Gasteiger partial charge in [-0.2, -0.15) is 0 Å². The lowest BCUT2D eigenvalue weighted by Gasteiger charge is -2.07. The Morgan fingerprint density at radius 3 is 2.68 bits per heavy atom. The maximum atomic E-state index is 9.14. The van der Waals surface area contributed by atoms with Crippen molar-refractivity contribution in [2.75, 3.05) is 19.6 Å². The van der Waals surface area contributed by atoms with Crippen LogP contribution in [0.15, 0.2) is 39.2 Å². The highest BCUT2D eigenvalue weighted by atomic mass is 79.9. The highest BCUT2D eigenvalue weighted by Gasteiger charge is 2.07. The maximum absolute atomic E-state index is 9.14. The molecule has 1 unspecified atom stereocenters. The number of rotatable bonds is 8. The number of aliphatic hydroxyl groups is 1. The first-order valence-corrected chi connectivity index (χ1v) is 8.30. The van der Waals surface area contributed by atoms with Crippen LogP contribution in [-0.2, 0) is 6.54 Å². The molecule has 1 atom stereocenters. The summed E-state index contributed by atoms with van der Waals surface area (Å²) in [7, 11) is 0. The van der Waals surface area contributed by atoms with Gasteiger partial charge in [0.2, 0.25) is 0 Å². The standard InChI is InChI=1S/C17H23BrN2O2/c1-12-9-14(18)3-5-16(12)17-6-4-15(22-17)11-20-8-7-19-10-13(2)21/h3-6,9,13,19-21H,7-8,10-11H2,1-2H3. The van der Waals surface area contributed by atoms with Crippen LogP contribution in [-0.4, -0.2) is 30.8 Å². The zero-order valence-corrected chi connectivity index (χ0v) is 14.6. The van der Waals surface area contributed by atoms with Gasteiger partial charge < -0.3 is 20.2 Å². The predicted octanol–water partition coefficient (Wildman–Crippen LogP) is 3.08. The van der Waals surface area contributed by atoms with Crippen LogP contribution in [0.5, 0.6) is 0 Å². The summed E-state index contributed by atoms with van der Waals surface area (Å²) in [5, 5.41) is 15.6. The van der Waals surface area contributed by atoms with Crippen LogP contribution < -0.4 is 10.6 Å². The van der Waals surface area contributed by atoms with Gasteiger partial charge in [-0.05, 0) is 49.7 Å². The molecule has 0 bridgehead atoms. The van der Waals surface area contributed by atoms with E-state index in [2.05, 4.69) is 45.6 Å². The molecular formula is C17H23BrN2O2. The molecule has 0 saturated heterocycles. The molecule has 0 saturated carbocycles. The summed E-state index contributed by atoms with van der Waals surface area (Å²) in [5.74, 6) is 1.82. The number of aliphatic hydroxyl groups excluding tert-OH is 1. The van der Waals surface area contributed by atoms with Gasteiger partial charge in [-0.25, -0.2) is 0 Å². The summed E-state index contributed by atoms with van der Waals surface area (Å²) in [6, 6.07) is 10.2. The van der Waals surface area contributed by atoms with Crippen LogP contribution in [0.4, 0.5) is 0 Å². The summed E-state index contributed by atoms with van der Waals surface area (Å²) in [5.41, 5.74) is 2.30. The monoisotopic (exact) mass is 366 g/mol. The van der Waals surface area contributed by atoms with Crippen molar-refractivity contribution >= 4 is 15.9 Å². The average molecular weight is 367 g/mol. The molecule has 2 rings (SSSR count). The van der Waals surface area contributed by atoms with E-state index in [4.69, 9.17) is 9.52 Å². The van der Waals surface area contributed by atoms with Crippen molar-refractivity contribution in [1.82, 2.24) is 10.6 Å². The largest absolute Gasteiger partial charge is 0.460 e. The van der Waals surface area contributed by atoms with E-state index in [9.17, 15) is 0 Å². The molecule has 0 radical (unpaired) electrons. The number of nitrogens with one attached hydrogen (secondary N) is 2. The maximum Gasteiger partial charge on any atom is 0.134 e. The minimum atomic E-state index is -0.304. The van der Waals surface area contributed by atoms with Crippen molar-refractivity contribution in [3.05, 3.63) is 46.1 Å². The van der Waals surface area contributed by atoms with Crippen molar-refractivity contribution in [2.45, 2.75) is 26.5 Å². The van der Waals surface area contributed by atoms with Gasteiger partial charge in [-0.1, -0.05) is 15.9 Å². The Kier molecular flexibility index (Phi) is 6.64. The van der Waals surface area contributed by atoms with Crippen LogP contribution >= 0.6 is 15.9 Å². The topological polar surface area (TPSA) is 57.4 Å². The summed E-state index contributed by atoms with van der Waals surface area (Å²) >= 11 is 3.48. The second-order valence-electron chi connectivity index (χ2n) is 5.46. The minimum absolute atomic E-state index is 0.304. The van der Waals surface area contributed by atoms with Gasteiger partial charge >= 0.3 is 0 Å². The summed E-state index contributed by atoms with van der Waals surface area (Å²) in [6.45, 7) is 6.83. The Balaban J connectivity index is 1.81. The molecule has 2 aromatic rings. The Labute approximate surface area is 140 Å². The molecule has 0 spiro atoms. The van der Waals surface area contributed by atoms with Gasteiger partial charge in [0.05, 0.1) is 12.6 Å². The van der Waals surface area contributed by atoms with E-state index in [1.807, 2.05) is 18.2 Å². The molecule has 4 nitrogen and oxygen atoms in total. The number of hydrogen-bond donors (Lipinski definition) is 3. The smallest absolute Gasteiger partial charge is 0.134 e. The lowest BCUT2D eigenvalue weighted by molar-refractivity contribution is 0.191. The molecule has 5 heteroatoms. The molecule has 0 fully saturated rings. The van der Waals surface area contributed by atoms with Crippen LogP contribution in [0.2, 0.25) is 0 Å². The van der Waals surface area contributed by atoms with Crippen LogP contribution in [0.3, 0.4) is 0 Å². The normalized spacial score (nSPS) is 12.5. The van der Waals surface area contributed by atoms with Crippen LogP contribution in [0.25, 0.3) is 11.3 Å². The fraction of sp³-hybridized carbons (Fsp3) is 0.412. The Bertz CT molecular complexity index is 596. The highest BCUT2D eigenvalue weighted by Crippen LogP contribution is 2.27. The lowest BCUT2D eigenvalue weighted by Crippen LogP contribution is -2.31. The molecule has 1 aromatic heterocycles. The van der Waals surface area contributed by atoms with E-state index >= 15 is 0 Å². The summed E-state index contributed by atoms with van der Waals surface area (Å²) in [4.78, 5) is 0. The van der Waals surface area contributed by atoms with Crippen molar-refractivity contribution in [2.24, 2.45) is 0 Å². The van der Waals surface area contributed by atoms with Gasteiger partial charge in [-0.3, -0.25) is 0 Å². The first-order valence-electron chi connectivity index (χ1n) is 7.51. The third-order valence-electron chi connectivity index (χ3n) is 3.33. The second-order valence-corrected chi connectivity index (χ2v) is 6.37. The quantitative estimate of drug-likeness (QED) is 0.628. The third-order valence-corrected chi connectivity index (χ3v) is 3.83.